The number of hydrogen-bond acceptors (Lipinski definition) is 6. The summed E-state index contributed by atoms with van der Waals surface area (Å²) >= 11 is 0. The SMILES string of the molecule is CC(C)C(=O)O[C@H](C)OC(=O)N1C[C@@H](COc2cc(F)ccc2F)C[C@H]1C(=O)O. The predicted octanol–water partition coefficient (Wildman–Crippen LogP) is 2.80. The van der Waals surface area contributed by atoms with E-state index < -0.39 is 53.8 Å². The van der Waals surface area contributed by atoms with E-state index in [-0.39, 0.29) is 25.3 Å². The van der Waals surface area contributed by atoms with Gasteiger partial charge in [-0.1, -0.05) is 13.8 Å². The summed E-state index contributed by atoms with van der Waals surface area (Å²) in [4.78, 5) is 36.4. The van der Waals surface area contributed by atoms with Gasteiger partial charge in [0.25, 0.3) is 0 Å². The number of halogens is 2. The van der Waals surface area contributed by atoms with Gasteiger partial charge in [0.15, 0.2) is 11.6 Å². The normalized spacial score (nSPS) is 19.7. The number of carbonyl (C=O) groups is 3. The number of ether oxygens (including phenoxy) is 3. The molecular weight excluding hydrogens is 392 g/mol. The van der Waals surface area contributed by atoms with Crippen molar-refractivity contribution in [1.29, 1.82) is 0 Å². The van der Waals surface area contributed by atoms with Crippen LogP contribution in [0, 0.1) is 23.5 Å². The number of carboxylic acid groups (broad SMARTS) is 1. The van der Waals surface area contributed by atoms with E-state index in [0.29, 0.717) is 0 Å². The minimum Gasteiger partial charge on any atom is -0.490 e. The zero-order valence-corrected chi connectivity index (χ0v) is 16.3. The van der Waals surface area contributed by atoms with Crippen LogP contribution in [0.25, 0.3) is 0 Å². The van der Waals surface area contributed by atoms with Gasteiger partial charge in [-0.2, -0.15) is 0 Å². The molecule has 1 fully saturated rings. The number of amides is 1. The number of nitrogens with zero attached hydrogens (tertiary/aromatic N) is 1. The molecule has 2 rings (SSSR count). The quantitative estimate of drug-likeness (QED) is 0.540. The number of hydrogen-bond donors (Lipinski definition) is 1. The van der Waals surface area contributed by atoms with Crippen LogP contribution < -0.4 is 4.74 Å². The van der Waals surface area contributed by atoms with Gasteiger partial charge >= 0.3 is 18.0 Å². The van der Waals surface area contributed by atoms with E-state index in [9.17, 15) is 28.3 Å². The van der Waals surface area contributed by atoms with E-state index in [0.717, 1.165) is 23.1 Å². The largest absolute Gasteiger partial charge is 0.490 e. The minimum atomic E-state index is -1.24. The van der Waals surface area contributed by atoms with Gasteiger partial charge in [0.2, 0.25) is 6.29 Å². The van der Waals surface area contributed by atoms with E-state index in [4.69, 9.17) is 14.2 Å². The molecule has 1 N–H and O–H groups in total. The van der Waals surface area contributed by atoms with E-state index in [1.165, 1.54) is 6.92 Å². The van der Waals surface area contributed by atoms with Crippen LogP contribution in [0.15, 0.2) is 18.2 Å². The fourth-order valence-corrected chi connectivity index (χ4v) is 2.81. The average Bonchev–Trinajstić information content (AvgIpc) is 3.07. The first-order valence-corrected chi connectivity index (χ1v) is 9.06. The Morgan fingerprint density at radius 2 is 1.90 bits per heavy atom. The standard InChI is InChI=1S/C19H23F2NO7/c1-10(2)18(25)28-11(3)29-19(26)22-8-12(6-15(22)17(23)24)9-27-16-7-13(20)4-5-14(16)21/h4-5,7,10-12,15H,6,8-9H2,1-3H3,(H,23,24)/t11-,12-,15-/m0/s1. The maximum absolute atomic E-state index is 13.6. The highest BCUT2D eigenvalue weighted by Crippen LogP contribution is 2.27. The Morgan fingerprint density at radius 1 is 1.21 bits per heavy atom. The number of aliphatic carboxylic acids is 1. The predicted molar refractivity (Wildman–Crippen MR) is 95.0 cm³/mol. The Morgan fingerprint density at radius 3 is 2.52 bits per heavy atom. The number of carboxylic acids is 1. The summed E-state index contributed by atoms with van der Waals surface area (Å²) in [6, 6.07) is 1.57. The maximum Gasteiger partial charge on any atom is 0.413 e. The summed E-state index contributed by atoms with van der Waals surface area (Å²) < 4.78 is 42.1. The molecule has 0 unspecified atom stereocenters. The lowest BCUT2D eigenvalue weighted by molar-refractivity contribution is -0.170. The second-order valence-electron chi connectivity index (χ2n) is 7.04. The molecule has 0 aliphatic carbocycles. The number of rotatable bonds is 7. The monoisotopic (exact) mass is 415 g/mol. The molecule has 0 saturated carbocycles. The molecule has 1 saturated heterocycles. The van der Waals surface area contributed by atoms with Crippen molar-refractivity contribution in [1.82, 2.24) is 4.90 Å². The zero-order valence-electron chi connectivity index (χ0n) is 16.3. The minimum absolute atomic E-state index is 0.0302. The second kappa shape index (κ2) is 9.53. The molecule has 10 heteroatoms. The molecule has 0 aromatic heterocycles. The van der Waals surface area contributed by atoms with Crippen molar-refractivity contribution in [3.05, 3.63) is 29.8 Å². The van der Waals surface area contributed by atoms with Crippen molar-refractivity contribution < 1.29 is 42.5 Å². The third-order valence-corrected chi connectivity index (χ3v) is 4.30. The van der Waals surface area contributed by atoms with Gasteiger partial charge in [-0.05, 0) is 18.6 Å². The molecule has 1 amide bonds. The average molecular weight is 415 g/mol. The molecule has 1 aliphatic heterocycles. The van der Waals surface area contributed by atoms with Gasteiger partial charge in [-0.25, -0.2) is 18.4 Å². The molecule has 1 aromatic rings. The third-order valence-electron chi connectivity index (χ3n) is 4.30. The van der Waals surface area contributed by atoms with Crippen LogP contribution in [0.1, 0.15) is 27.2 Å². The van der Waals surface area contributed by atoms with Crippen molar-refractivity contribution in [3.8, 4) is 5.75 Å². The summed E-state index contributed by atoms with van der Waals surface area (Å²) in [5, 5.41) is 9.38. The van der Waals surface area contributed by atoms with E-state index in [1.807, 2.05) is 0 Å². The Bertz CT molecular complexity index is 771. The number of likely N-dealkylation sites (tertiary alicyclic amines) is 1. The Labute approximate surface area is 166 Å². The highest BCUT2D eigenvalue weighted by Gasteiger charge is 2.41. The summed E-state index contributed by atoms with van der Waals surface area (Å²) in [6.07, 6.45) is -2.11. The van der Waals surface area contributed by atoms with E-state index in [1.54, 1.807) is 13.8 Å². The topological polar surface area (TPSA) is 102 Å². The van der Waals surface area contributed by atoms with Gasteiger partial charge < -0.3 is 19.3 Å². The van der Waals surface area contributed by atoms with Crippen LogP contribution in [0.4, 0.5) is 13.6 Å². The summed E-state index contributed by atoms with van der Waals surface area (Å²) in [5.74, 6) is -4.40. The van der Waals surface area contributed by atoms with Gasteiger partial charge in [0.05, 0.1) is 12.5 Å². The highest BCUT2D eigenvalue weighted by molar-refractivity contribution is 5.81. The maximum atomic E-state index is 13.6. The molecular formula is C19H23F2NO7. The van der Waals surface area contributed by atoms with Crippen molar-refractivity contribution in [3.63, 3.8) is 0 Å². The Balaban J connectivity index is 1.97. The molecule has 1 aromatic carbocycles. The highest BCUT2D eigenvalue weighted by atomic mass is 19.1. The second-order valence-corrected chi connectivity index (χ2v) is 7.04. The Hall–Kier alpha value is -2.91. The number of carbonyl (C=O) groups excluding carboxylic acids is 2. The van der Waals surface area contributed by atoms with Crippen LogP contribution in [0.3, 0.4) is 0 Å². The molecule has 160 valence electrons. The first-order valence-electron chi connectivity index (χ1n) is 9.06. The van der Waals surface area contributed by atoms with Crippen LogP contribution in [0.5, 0.6) is 5.75 Å². The van der Waals surface area contributed by atoms with Crippen LogP contribution >= 0.6 is 0 Å². The van der Waals surface area contributed by atoms with Gasteiger partial charge in [0.1, 0.15) is 11.9 Å². The summed E-state index contributed by atoms with van der Waals surface area (Å²) in [5.41, 5.74) is 0. The molecule has 0 bridgehead atoms. The smallest absolute Gasteiger partial charge is 0.413 e. The lowest BCUT2D eigenvalue weighted by Crippen LogP contribution is -2.42. The molecule has 8 nitrogen and oxygen atoms in total. The molecule has 29 heavy (non-hydrogen) atoms. The van der Waals surface area contributed by atoms with Crippen LogP contribution in [0.2, 0.25) is 0 Å². The lowest BCUT2D eigenvalue weighted by atomic mass is 10.1. The first-order chi connectivity index (χ1) is 13.6. The lowest BCUT2D eigenvalue weighted by Gasteiger charge is -2.23. The molecule has 1 heterocycles. The molecule has 0 spiro atoms. The van der Waals surface area contributed by atoms with Crippen LogP contribution in [-0.2, 0) is 19.1 Å². The summed E-state index contributed by atoms with van der Waals surface area (Å²) in [6.45, 7) is 4.43. The van der Waals surface area contributed by atoms with E-state index in [2.05, 4.69) is 0 Å². The van der Waals surface area contributed by atoms with Gasteiger partial charge in [0, 0.05) is 25.5 Å². The van der Waals surface area contributed by atoms with E-state index >= 15 is 0 Å². The van der Waals surface area contributed by atoms with Crippen molar-refractivity contribution in [2.45, 2.75) is 39.5 Å². The first kappa shape index (κ1) is 22.4. The molecule has 1 aliphatic rings. The zero-order chi connectivity index (χ0) is 21.7. The van der Waals surface area contributed by atoms with Crippen molar-refractivity contribution in [2.24, 2.45) is 11.8 Å². The van der Waals surface area contributed by atoms with Crippen LogP contribution in [-0.4, -0.2) is 53.5 Å². The molecule has 0 radical (unpaired) electrons. The van der Waals surface area contributed by atoms with Crippen molar-refractivity contribution in [2.75, 3.05) is 13.2 Å². The third kappa shape index (κ3) is 6.03. The summed E-state index contributed by atoms with van der Waals surface area (Å²) in [7, 11) is 0. The van der Waals surface area contributed by atoms with Crippen molar-refractivity contribution >= 4 is 18.0 Å². The van der Waals surface area contributed by atoms with Gasteiger partial charge in [-0.15, -0.1) is 0 Å². The fourth-order valence-electron chi connectivity index (χ4n) is 2.81. The number of esters is 1. The fraction of sp³-hybridized carbons (Fsp3) is 0.526. The van der Waals surface area contributed by atoms with Gasteiger partial charge in [-0.3, -0.25) is 9.69 Å². The Kier molecular flexibility index (Phi) is 7.35. The molecule has 3 atom stereocenters. The number of benzene rings is 1.